The summed E-state index contributed by atoms with van der Waals surface area (Å²) in [6.07, 6.45) is -3.63. The molecule has 1 aliphatic rings. The van der Waals surface area contributed by atoms with Crippen molar-refractivity contribution in [3.05, 3.63) is 41.7 Å². The van der Waals surface area contributed by atoms with Gasteiger partial charge in [0.15, 0.2) is 0 Å². The molecule has 1 saturated heterocycles. The van der Waals surface area contributed by atoms with Gasteiger partial charge in [-0.25, -0.2) is 19.3 Å². The molecule has 4 atom stereocenters. The minimum Gasteiger partial charge on any atom is -0.385 e. The monoisotopic (exact) mass is 482 g/mol. The molecule has 0 spiro atoms. The summed E-state index contributed by atoms with van der Waals surface area (Å²) in [6.45, 7) is 3.05. The average molecular weight is 482 g/mol. The van der Waals surface area contributed by atoms with Crippen molar-refractivity contribution in [2.45, 2.75) is 57.3 Å². The van der Waals surface area contributed by atoms with E-state index < -0.39 is 30.6 Å². The number of alkyl halides is 4. The molecule has 4 heterocycles. The fourth-order valence-corrected chi connectivity index (χ4v) is 4.16. The van der Waals surface area contributed by atoms with Crippen LogP contribution in [0, 0.1) is 0 Å². The van der Waals surface area contributed by atoms with E-state index in [0.717, 1.165) is 11.5 Å². The van der Waals surface area contributed by atoms with Crippen LogP contribution in [0.15, 0.2) is 24.5 Å². The molecule has 2 unspecified atom stereocenters. The van der Waals surface area contributed by atoms with E-state index in [4.69, 9.17) is 4.74 Å². The predicted octanol–water partition coefficient (Wildman–Crippen LogP) is 3.55. The lowest BCUT2D eigenvalue weighted by atomic mass is 10.1. The molecule has 0 amide bonds. The van der Waals surface area contributed by atoms with Gasteiger partial charge < -0.3 is 19.3 Å². The highest BCUT2D eigenvalue weighted by Crippen LogP contribution is 2.35. The van der Waals surface area contributed by atoms with Crippen molar-refractivity contribution >= 4 is 17.0 Å². The lowest BCUT2D eigenvalue weighted by molar-refractivity contribution is -0.163. The van der Waals surface area contributed by atoms with Crippen LogP contribution in [0.5, 0.6) is 0 Å². The molecule has 12 heteroatoms. The zero-order valence-corrected chi connectivity index (χ0v) is 19.0. The van der Waals surface area contributed by atoms with E-state index in [2.05, 4.69) is 19.9 Å². The van der Waals surface area contributed by atoms with E-state index in [1.807, 2.05) is 0 Å². The molecule has 0 bridgehead atoms. The third-order valence-electron chi connectivity index (χ3n) is 6.02. The van der Waals surface area contributed by atoms with Crippen molar-refractivity contribution in [3.63, 3.8) is 0 Å². The number of pyridine rings is 1. The van der Waals surface area contributed by atoms with Crippen LogP contribution in [0.25, 0.3) is 11.0 Å². The summed E-state index contributed by atoms with van der Waals surface area (Å²) < 4.78 is 61.0. The Labute approximate surface area is 193 Å². The van der Waals surface area contributed by atoms with Crippen LogP contribution in [0.2, 0.25) is 0 Å². The Bertz CT molecular complexity index is 1150. The Hall–Kier alpha value is -2.86. The highest BCUT2D eigenvalue weighted by atomic mass is 19.4. The van der Waals surface area contributed by atoms with E-state index in [9.17, 15) is 22.7 Å². The number of aromatic nitrogens is 5. The minimum atomic E-state index is -4.52. The number of fused-ring (bicyclic) bond motifs is 1. The van der Waals surface area contributed by atoms with Crippen molar-refractivity contribution in [3.8, 4) is 0 Å². The van der Waals surface area contributed by atoms with Crippen LogP contribution in [0.3, 0.4) is 0 Å². The van der Waals surface area contributed by atoms with Crippen molar-refractivity contribution in [2.24, 2.45) is 0 Å². The minimum absolute atomic E-state index is 0.0802. The van der Waals surface area contributed by atoms with Gasteiger partial charge in [0.1, 0.15) is 29.7 Å². The van der Waals surface area contributed by atoms with Gasteiger partial charge in [-0.05, 0) is 32.4 Å². The van der Waals surface area contributed by atoms with E-state index in [1.54, 1.807) is 17.2 Å². The molecule has 1 aliphatic heterocycles. The molecule has 8 nitrogen and oxygen atoms in total. The largest absolute Gasteiger partial charge is 0.408 e. The molecule has 0 saturated carbocycles. The normalized spacial score (nSPS) is 21.1. The van der Waals surface area contributed by atoms with Crippen molar-refractivity contribution in [1.29, 1.82) is 0 Å². The maximum Gasteiger partial charge on any atom is 0.408 e. The SMILES string of the molecule is COC1CCN(c2nccc(Cc3cc4c(cn3)nc([C@@H](C)O)n4[C@@H](C)C(F)(F)F)n2)CC1F. The van der Waals surface area contributed by atoms with Crippen LogP contribution in [0.4, 0.5) is 23.5 Å². The van der Waals surface area contributed by atoms with Crippen LogP contribution in [0.1, 0.15) is 49.6 Å². The maximum atomic E-state index is 14.3. The smallest absolute Gasteiger partial charge is 0.385 e. The second kappa shape index (κ2) is 9.41. The Kier molecular flexibility index (Phi) is 6.72. The fourth-order valence-electron chi connectivity index (χ4n) is 4.16. The summed E-state index contributed by atoms with van der Waals surface area (Å²) in [7, 11) is 1.49. The molecule has 0 radical (unpaired) electrons. The first-order chi connectivity index (χ1) is 16.1. The van der Waals surface area contributed by atoms with E-state index in [1.165, 1.54) is 26.3 Å². The predicted molar refractivity (Wildman–Crippen MR) is 116 cm³/mol. The van der Waals surface area contributed by atoms with E-state index >= 15 is 0 Å². The molecule has 0 aliphatic carbocycles. The third kappa shape index (κ3) is 4.83. The number of hydrogen-bond acceptors (Lipinski definition) is 7. The fraction of sp³-hybridized carbons (Fsp3) is 0.545. The van der Waals surface area contributed by atoms with Crippen LogP contribution >= 0.6 is 0 Å². The molecular weight excluding hydrogens is 456 g/mol. The van der Waals surface area contributed by atoms with Crippen LogP contribution in [-0.2, 0) is 11.2 Å². The van der Waals surface area contributed by atoms with E-state index in [-0.39, 0.29) is 29.8 Å². The standard InChI is InChI=1S/C22H26F4N6O2/c1-12(33)20-30-17-10-28-15(9-18(17)32(20)13(2)22(24,25)26)8-14-4-6-27-21(29-14)31-7-5-19(34-3)16(23)11-31/h4,6,9-10,12-13,16,19,33H,5,7-8,11H2,1-3H3/t12-,13+,16?,19?/m1/s1. The summed E-state index contributed by atoms with van der Waals surface area (Å²) in [4.78, 5) is 19.0. The second-order valence-corrected chi connectivity index (χ2v) is 8.45. The number of ether oxygens (including phenoxy) is 1. The number of imidazole rings is 1. The first-order valence-corrected chi connectivity index (χ1v) is 10.9. The van der Waals surface area contributed by atoms with Gasteiger partial charge >= 0.3 is 6.18 Å². The topological polar surface area (TPSA) is 89.2 Å². The summed E-state index contributed by atoms with van der Waals surface area (Å²) in [6, 6.07) is 1.33. The molecular formula is C22H26F4N6O2. The van der Waals surface area contributed by atoms with Gasteiger partial charge in [-0.3, -0.25) is 4.98 Å². The first kappa shape index (κ1) is 24.3. The average Bonchev–Trinajstić information content (AvgIpc) is 3.17. The lowest BCUT2D eigenvalue weighted by Crippen LogP contribution is -2.46. The lowest BCUT2D eigenvalue weighted by Gasteiger charge is -2.33. The molecule has 4 rings (SSSR count). The number of methoxy groups -OCH3 is 1. The van der Waals surface area contributed by atoms with Crippen molar-refractivity contribution < 1.29 is 27.4 Å². The van der Waals surface area contributed by atoms with Crippen LogP contribution < -0.4 is 4.90 Å². The zero-order chi connectivity index (χ0) is 24.6. The maximum absolute atomic E-state index is 14.3. The highest BCUT2D eigenvalue weighted by Gasteiger charge is 2.40. The highest BCUT2D eigenvalue weighted by molar-refractivity contribution is 5.76. The molecule has 0 aromatic carbocycles. The van der Waals surface area contributed by atoms with E-state index in [0.29, 0.717) is 30.3 Å². The molecule has 3 aromatic heterocycles. The van der Waals surface area contributed by atoms with Gasteiger partial charge in [-0.2, -0.15) is 13.2 Å². The van der Waals surface area contributed by atoms with Gasteiger partial charge in [-0.1, -0.05) is 0 Å². The summed E-state index contributed by atoms with van der Waals surface area (Å²) >= 11 is 0. The number of halogens is 4. The Morgan fingerprint density at radius 1 is 1.21 bits per heavy atom. The molecule has 184 valence electrons. The number of nitrogens with zero attached hydrogens (tertiary/aromatic N) is 6. The van der Waals surface area contributed by atoms with Gasteiger partial charge in [0, 0.05) is 32.0 Å². The van der Waals surface area contributed by atoms with Gasteiger partial charge in [0.25, 0.3) is 0 Å². The quantitative estimate of drug-likeness (QED) is 0.538. The first-order valence-electron chi connectivity index (χ1n) is 10.9. The summed E-state index contributed by atoms with van der Waals surface area (Å²) in [5.41, 5.74) is 1.55. The van der Waals surface area contributed by atoms with Crippen LogP contribution in [-0.4, -0.2) is 68.3 Å². The molecule has 1 N–H and O–H groups in total. The summed E-state index contributed by atoms with van der Waals surface area (Å²) in [5.74, 6) is 0.297. The van der Waals surface area contributed by atoms with Crippen molar-refractivity contribution in [1.82, 2.24) is 24.5 Å². The van der Waals surface area contributed by atoms with Gasteiger partial charge in [0.05, 0.1) is 30.1 Å². The number of piperidine rings is 1. The Morgan fingerprint density at radius 2 is 1.97 bits per heavy atom. The van der Waals surface area contributed by atoms with Gasteiger partial charge in [-0.15, -0.1) is 0 Å². The Balaban J connectivity index is 1.62. The number of rotatable bonds is 6. The number of hydrogen-bond donors (Lipinski definition) is 1. The number of aliphatic hydroxyl groups excluding tert-OH is 1. The van der Waals surface area contributed by atoms with Gasteiger partial charge in [0.2, 0.25) is 5.95 Å². The zero-order valence-electron chi connectivity index (χ0n) is 19.0. The van der Waals surface area contributed by atoms with Crippen molar-refractivity contribution in [2.75, 3.05) is 25.1 Å². The second-order valence-electron chi connectivity index (χ2n) is 8.45. The number of anilines is 1. The Morgan fingerprint density at radius 3 is 2.62 bits per heavy atom. The third-order valence-corrected chi connectivity index (χ3v) is 6.02. The molecule has 3 aromatic rings. The number of aliphatic hydroxyl groups is 1. The summed E-state index contributed by atoms with van der Waals surface area (Å²) in [5, 5.41) is 10.0. The molecule has 1 fully saturated rings. The molecule has 34 heavy (non-hydrogen) atoms.